The molecule has 1 rings (SSSR count). The fourth-order valence-electron chi connectivity index (χ4n) is 1.20. The van der Waals surface area contributed by atoms with Crippen LogP contribution in [0.5, 0.6) is 0 Å². The molecule has 1 aromatic rings. The minimum atomic E-state index is 0.189. The van der Waals surface area contributed by atoms with Gasteiger partial charge in [0.25, 0.3) is 0 Å². The number of nitrogens with one attached hydrogen (secondary N) is 1. The molecule has 0 saturated carbocycles. The normalized spacial score (nSPS) is 13.5. The van der Waals surface area contributed by atoms with E-state index < -0.39 is 0 Å². The Labute approximate surface area is 97.5 Å². The van der Waals surface area contributed by atoms with Crippen LogP contribution in [0.15, 0.2) is 15.2 Å². The van der Waals surface area contributed by atoms with Gasteiger partial charge in [-0.15, -0.1) is 11.3 Å². The SMILES string of the molecule is CC(C)C(CO)NCc1csc(Br)c1. The van der Waals surface area contributed by atoms with Gasteiger partial charge in [-0.2, -0.15) is 0 Å². The summed E-state index contributed by atoms with van der Waals surface area (Å²) in [6.45, 7) is 5.24. The maximum Gasteiger partial charge on any atom is 0.0701 e. The van der Waals surface area contributed by atoms with Crippen molar-refractivity contribution in [3.8, 4) is 0 Å². The van der Waals surface area contributed by atoms with Gasteiger partial charge in [-0.25, -0.2) is 0 Å². The zero-order valence-corrected chi connectivity index (χ0v) is 10.9. The van der Waals surface area contributed by atoms with Crippen LogP contribution >= 0.6 is 27.3 Å². The highest BCUT2D eigenvalue weighted by molar-refractivity contribution is 9.11. The summed E-state index contributed by atoms with van der Waals surface area (Å²) in [6, 6.07) is 2.29. The van der Waals surface area contributed by atoms with Crippen molar-refractivity contribution >= 4 is 27.3 Å². The van der Waals surface area contributed by atoms with E-state index in [2.05, 4.69) is 46.5 Å². The first kappa shape index (κ1) is 12.2. The largest absolute Gasteiger partial charge is 0.395 e. The van der Waals surface area contributed by atoms with Crippen LogP contribution in [-0.4, -0.2) is 17.8 Å². The summed E-state index contributed by atoms with van der Waals surface area (Å²) in [4.78, 5) is 0. The van der Waals surface area contributed by atoms with Crippen molar-refractivity contribution in [3.63, 3.8) is 0 Å². The zero-order valence-electron chi connectivity index (χ0n) is 8.46. The quantitative estimate of drug-likeness (QED) is 0.867. The van der Waals surface area contributed by atoms with Gasteiger partial charge in [0, 0.05) is 12.6 Å². The zero-order chi connectivity index (χ0) is 10.6. The van der Waals surface area contributed by atoms with Crippen LogP contribution in [0.3, 0.4) is 0 Å². The molecule has 14 heavy (non-hydrogen) atoms. The lowest BCUT2D eigenvalue weighted by Gasteiger charge is -2.19. The lowest BCUT2D eigenvalue weighted by molar-refractivity contribution is 0.210. The molecule has 0 radical (unpaired) electrons. The number of hydrogen-bond donors (Lipinski definition) is 2. The average molecular weight is 278 g/mol. The predicted molar refractivity (Wildman–Crippen MR) is 64.6 cm³/mol. The summed E-state index contributed by atoms with van der Waals surface area (Å²) in [5.41, 5.74) is 1.26. The molecule has 1 heterocycles. The number of hydrogen-bond acceptors (Lipinski definition) is 3. The molecule has 0 bridgehead atoms. The van der Waals surface area contributed by atoms with Crippen LogP contribution in [0, 0.1) is 5.92 Å². The van der Waals surface area contributed by atoms with E-state index in [9.17, 15) is 0 Å². The summed E-state index contributed by atoms with van der Waals surface area (Å²) in [5, 5.41) is 14.6. The Morgan fingerprint density at radius 3 is 2.71 bits per heavy atom. The van der Waals surface area contributed by atoms with Gasteiger partial charge < -0.3 is 10.4 Å². The Morgan fingerprint density at radius 1 is 1.57 bits per heavy atom. The van der Waals surface area contributed by atoms with Crippen molar-refractivity contribution in [1.82, 2.24) is 5.32 Å². The van der Waals surface area contributed by atoms with E-state index in [4.69, 9.17) is 5.11 Å². The van der Waals surface area contributed by atoms with E-state index in [1.165, 1.54) is 5.56 Å². The molecule has 0 spiro atoms. The van der Waals surface area contributed by atoms with Gasteiger partial charge in [-0.1, -0.05) is 13.8 Å². The summed E-state index contributed by atoms with van der Waals surface area (Å²) >= 11 is 5.11. The highest BCUT2D eigenvalue weighted by atomic mass is 79.9. The Bertz CT molecular complexity index is 275. The molecule has 0 fully saturated rings. The third-order valence-corrected chi connectivity index (χ3v) is 3.74. The number of aliphatic hydroxyl groups is 1. The topological polar surface area (TPSA) is 32.3 Å². The summed E-state index contributed by atoms with van der Waals surface area (Å²) in [5.74, 6) is 0.460. The number of rotatable bonds is 5. The van der Waals surface area contributed by atoms with Crippen LogP contribution in [0.4, 0.5) is 0 Å². The Balaban J connectivity index is 2.39. The van der Waals surface area contributed by atoms with Crippen molar-refractivity contribution in [3.05, 3.63) is 20.8 Å². The molecule has 0 amide bonds. The molecule has 4 heteroatoms. The molecule has 0 aromatic carbocycles. The van der Waals surface area contributed by atoms with E-state index in [1.54, 1.807) is 11.3 Å². The maximum absolute atomic E-state index is 9.11. The second-order valence-corrected chi connectivity index (χ2v) is 5.96. The first-order valence-electron chi connectivity index (χ1n) is 4.70. The van der Waals surface area contributed by atoms with E-state index >= 15 is 0 Å². The average Bonchev–Trinajstić information content (AvgIpc) is 2.52. The second kappa shape index (κ2) is 5.85. The van der Waals surface area contributed by atoms with Crippen LogP contribution in [0.2, 0.25) is 0 Å². The van der Waals surface area contributed by atoms with Crippen molar-refractivity contribution in [2.45, 2.75) is 26.4 Å². The minimum absolute atomic E-state index is 0.189. The van der Waals surface area contributed by atoms with Gasteiger partial charge >= 0.3 is 0 Å². The molecule has 2 nitrogen and oxygen atoms in total. The number of aliphatic hydroxyl groups excluding tert-OH is 1. The molecule has 0 saturated heterocycles. The molecule has 0 aliphatic heterocycles. The van der Waals surface area contributed by atoms with Gasteiger partial charge in [-0.3, -0.25) is 0 Å². The maximum atomic E-state index is 9.11. The van der Waals surface area contributed by atoms with Crippen molar-refractivity contribution in [2.24, 2.45) is 5.92 Å². The summed E-state index contributed by atoms with van der Waals surface area (Å²) in [6.07, 6.45) is 0. The fourth-order valence-corrected chi connectivity index (χ4v) is 2.41. The molecule has 80 valence electrons. The van der Waals surface area contributed by atoms with E-state index in [0.717, 1.165) is 10.3 Å². The van der Waals surface area contributed by atoms with Crippen molar-refractivity contribution < 1.29 is 5.11 Å². The molecule has 0 aliphatic carbocycles. The van der Waals surface area contributed by atoms with Crippen molar-refractivity contribution in [1.29, 1.82) is 0 Å². The number of thiophene rings is 1. The third kappa shape index (κ3) is 3.69. The number of halogens is 1. The van der Waals surface area contributed by atoms with Crippen LogP contribution in [0.25, 0.3) is 0 Å². The molecular weight excluding hydrogens is 262 g/mol. The van der Waals surface area contributed by atoms with Gasteiger partial charge in [0.2, 0.25) is 0 Å². The first-order chi connectivity index (χ1) is 6.63. The fraction of sp³-hybridized carbons (Fsp3) is 0.600. The van der Waals surface area contributed by atoms with Crippen molar-refractivity contribution in [2.75, 3.05) is 6.61 Å². The monoisotopic (exact) mass is 277 g/mol. The summed E-state index contributed by atoms with van der Waals surface area (Å²) in [7, 11) is 0. The summed E-state index contributed by atoms with van der Waals surface area (Å²) < 4.78 is 1.15. The van der Waals surface area contributed by atoms with Gasteiger partial charge in [0.15, 0.2) is 0 Å². The smallest absolute Gasteiger partial charge is 0.0701 e. The molecular formula is C10H16BrNOS. The highest BCUT2D eigenvalue weighted by Gasteiger charge is 2.11. The highest BCUT2D eigenvalue weighted by Crippen LogP contribution is 2.20. The first-order valence-corrected chi connectivity index (χ1v) is 6.38. The minimum Gasteiger partial charge on any atom is -0.395 e. The van der Waals surface area contributed by atoms with Crippen LogP contribution < -0.4 is 5.32 Å². The lowest BCUT2D eigenvalue weighted by atomic mass is 10.1. The van der Waals surface area contributed by atoms with Gasteiger partial charge in [0.05, 0.1) is 10.4 Å². The van der Waals surface area contributed by atoms with E-state index in [-0.39, 0.29) is 12.6 Å². The molecule has 0 aliphatic rings. The molecule has 1 atom stereocenters. The second-order valence-electron chi connectivity index (χ2n) is 3.67. The predicted octanol–water partition coefficient (Wildman–Crippen LogP) is 2.62. The van der Waals surface area contributed by atoms with E-state index in [0.29, 0.717) is 5.92 Å². The Morgan fingerprint density at radius 2 is 2.29 bits per heavy atom. The van der Waals surface area contributed by atoms with Gasteiger partial charge in [-0.05, 0) is 38.9 Å². The molecule has 1 aromatic heterocycles. The molecule has 2 N–H and O–H groups in total. The van der Waals surface area contributed by atoms with Crippen LogP contribution in [0.1, 0.15) is 19.4 Å². The third-order valence-electron chi connectivity index (χ3n) is 2.19. The standard InChI is InChI=1S/C10H16BrNOS/c1-7(2)9(5-13)12-4-8-3-10(11)14-6-8/h3,6-7,9,12-13H,4-5H2,1-2H3. The van der Waals surface area contributed by atoms with Crippen LogP contribution in [-0.2, 0) is 6.54 Å². The Hall–Kier alpha value is 0.100. The van der Waals surface area contributed by atoms with E-state index in [1.807, 2.05) is 0 Å². The molecule has 1 unspecified atom stereocenters. The van der Waals surface area contributed by atoms with Gasteiger partial charge in [0.1, 0.15) is 0 Å². The lowest BCUT2D eigenvalue weighted by Crippen LogP contribution is -2.36. The Kier molecular flexibility index (Phi) is 5.09.